The van der Waals surface area contributed by atoms with E-state index in [0.717, 1.165) is 0 Å². The Kier molecular flexibility index (Phi) is 5.57. The summed E-state index contributed by atoms with van der Waals surface area (Å²) in [4.78, 5) is 37.6. The fourth-order valence-corrected chi connectivity index (χ4v) is 1.72. The van der Waals surface area contributed by atoms with Crippen LogP contribution >= 0.6 is 0 Å². The van der Waals surface area contributed by atoms with Crippen LogP contribution in [0.3, 0.4) is 0 Å². The second-order valence-electron chi connectivity index (χ2n) is 4.07. The highest BCUT2D eigenvalue weighted by atomic mass is 16.2. The maximum absolute atomic E-state index is 11.7. The SMILES string of the molecule is CCN1CCN(CC(=O)NCCNC)C(=O)C1=O. The van der Waals surface area contributed by atoms with E-state index in [1.54, 1.807) is 7.05 Å². The number of piperazine rings is 1. The van der Waals surface area contributed by atoms with Crippen molar-refractivity contribution in [2.45, 2.75) is 6.92 Å². The normalized spacial score (nSPS) is 16.1. The van der Waals surface area contributed by atoms with Gasteiger partial charge in [-0.3, -0.25) is 14.4 Å². The lowest BCUT2D eigenvalue weighted by molar-refractivity contribution is -0.156. The van der Waals surface area contributed by atoms with Gasteiger partial charge in [0, 0.05) is 32.7 Å². The molecule has 1 heterocycles. The molecule has 0 atom stereocenters. The van der Waals surface area contributed by atoms with Gasteiger partial charge < -0.3 is 20.4 Å². The fraction of sp³-hybridized carbons (Fsp3) is 0.727. The van der Waals surface area contributed by atoms with Crippen LogP contribution < -0.4 is 10.6 Å². The van der Waals surface area contributed by atoms with Crippen molar-refractivity contribution >= 4 is 17.7 Å². The summed E-state index contributed by atoms with van der Waals surface area (Å²) in [5, 5.41) is 5.57. The van der Waals surface area contributed by atoms with E-state index in [1.807, 2.05) is 6.92 Å². The number of rotatable bonds is 6. The summed E-state index contributed by atoms with van der Waals surface area (Å²) in [6.45, 7) is 4.38. The monoisotopic (exact) mass is 256 g/mol. The van der Waals surface area contributed by atoms with Gasteiger partial charge in [-0.25, -0.2) is 0 Å². The molecule has 1 fully saturated rings. The summed E-state index contributed by atoms with van der Waals surface area (Å²) >= 11 is 0. The Morgan fingerprint density at radius 2 is 1.78 bits per heavy atom. The van der Waals surface area contributed by atoms with Crippen molar-refractivity contribution in [3.8, 4) is 0 Å². The van der Waals surface area contributed by atoms with Gasteiger partial charge in [0.1, 0.15) is 6.54 Å². The highest BCUT2D eigenvalue weighted by Gasteiger charge is 2.32. The zero-order valence-corrected chi connectivity index (χ0v) is 10.9. The molecule has 2 N–H and O–H groups in total. The Hall–Kier alpha value is -1.63. The first-order valence-corrected chi connectivity index (χ1v) is 6.09. The van der Waals surface area contributed by atoms with Gasteiger partial charge in [0.15, 0.2) is 0 Å². The van der Waals surface area contributed by atoms with Crippen LogP contribution in [-0.4, -0.2) is 73.8 Å². The number of likely N-dealkylation sites (N-methyl/N-ethyl adjacent to an activating group) is 2. The largest absolute Gasteiger partial charge is 0.353 e. The van der Waals surface area contributed by atoms with Gasteiger partial charge in [-0.15, -0.1) is 0 Å². The van der Waals surface area contributed by atoms with Crippen LogP contribution in [0.15, 0.2) is 0 Å². The lowest BCUT2D eigenvalue weighted by Crippen LogP contribution is -2.56. The zero-order chi connectivity index (χ0) is 13.5. The Balaban J connectivity index is 2.41. The van der Waals surface area contributed by atoms with E-state index in [9.17, 15) is 14.4 Å². The molecule has 7 nitrogen and oxygen atoms in total. The predicted octanol–water partition coefficient (Wildman–Crippen LogP) is -1.99. The molecular formula is C11H20N4O3. The minimum absolute atomic E-state index is 0.0498. The fourth-order valence-electron chi connectivity index (χ4n) is 1.72. The number of amides is 3. The second kappa shape index (κ2) is 6.95. The van der Waals surface area contributed by atoms with E-state index in [1.165, 1.54) is 9.80 Å². The molecule has 102 valence electrons. The third kappa shape index (κ3) is 3.69. The Bertz CT molecular complexity index is 332. The maximum atomic E-state index is 11.7. The number of hydrogen-bond donors (Lipinski definition) is 2. The van der Waals surface area contributed by atoms with E-state index in [-0.39, 0.29) is 12.5 Å². The predicted molar refractivity (Wildman–Crippen MR) is 65.8 cm³/mol. The van der Waals surface area contributed by atoms with Crippen molar-refractivity contribution in [1.29, 1.82) is 0 Å². The summed E-state index contributed by atoms with van der Waals surface area (Å²) in [5.74, 6) is -1.35. The maximum Gasteiger partial charge on any atom is 0.312 e. The van der Waals surface area contributed by atoms with Crippen molar-refractivity contribution in [1.82, 2.24) is 20.4 Å². The van der Waals surface area contributed by atoms with E-state index in [0.29, 0.717) is 32.7 Å². The molecule has 0 spiro atoms. The molecule has 0 aromatic heterocycles. The van der Waals surface area contributed by atoms with Gasteiger partial charge in [0.05, 0.1) is 0 Å². The molecule has 1 aliphatic rings. The molecule has 1 rings (SSSR count). The van der Waals surface area contributed by atoms with Gasteiger partial charge in [0.25, 0.3) is 0 Å². The van der Waals surface area contributed by atoms with E-state index < -0.39 is 11.8 Å². The van der Waals surface area contributed by atoms with Crippen LogP contribution in [0.1, 0.15) is 6.92 Å². The number of carbonyl (C=O) groups excluding carboxylic acids is 3. The smallest absolute Gasteiger partial charge is 0.312 e. The molecule has 0 radical (unpaired) electrons. The quantitative estimate of drug-likeness (QED) is 0.426. The number of carbonyl (C=O) groups is 3. The molecule has 0 bridgehead atoms. The third-order valence-electron chi connectivity index (χ3n) is 2.81. The highest BCUT2D eigenvalue weighted by molar-refractivity contribution is 6.35. The molecule has 18 heavy (non-hydrogen) atoms. The summed E-state index contributed by atoms with van der Waals surface area (Å²) in [5.41, 5.74) is 0. The highest BCUT2D eigenvalue weighted by Crippen LogP contribution is 2.04. The molecule has 0 unspecified atom stereocenters. The lowest BCUT2D eigenvalue weighted by atomic mass is 10.3. The Morgan fingerprint density at radius 3 is 2.39 bits per heavy atom. The second-order valence-corrected chi connectivity index (χ2v) is 4.07. The van der Waals surface area contributed by atoms with Gasteiger partial charge in [-0.2, -0.15) is 0 Å². The van der Waals surface area contributed by atoms with Gasteiger partial charge in [-0.1, -0.05) is 0 Å². The Labute approximate surface area is 106 Å². The minimum Gasteiger partial charge on any atom is -0.353 e. The molecule has 1 aliphatic heterocycles. The van der Waals surface area contributed by atoms with Crippen molar-refractivity contribution in [3.05, 3.63) is 0 Å². The molecular weight excluding hydrogens is 236 g/mol. The van der Waals surface area contributed by atoms with Crippen LogP contribution in [-0.2, 0) is 14.4 Å². The van der Waals surface area contributed by atoms with Crippen molar-refractivity contribution < 1.29 is 14.4 Å². The van der Waals surface area contributed by atoms with Crippen molar-refractivity contribution in [2.24, 2.45) is 0 Å². The van der Waals surface area contributed by atoms with Crippen LogP contribution in [0.2, 0.25) is 0 Å². The zero-order valence-electron chi connectivity index (χ0n) is 10.9. The third-order valence-corrected chi connectivity index (χ3v) is 2.81. The van der Waals surface area contributed by atoms with Gasteiger partial charge >= 0.3 is 11.8 Å². The number of hydrogen-bond acceptors (Lipinski definition) is 4. The minimum atomic E-state index is -0.591. The van der Waals surface area contributed by atoms with E-state index in [2.05, 4.69) is 10.6 Å². The molecule has 0 aliphatic carbocycles. The standard InChI is InChI=1S/C11H20N4O3/c1-3-14-6-7-15(11(18)10(14)17)8-9(16)13-5-4-12-2/h12H,3-8H2,1-2H3,(H,13,16). The topological polar surface area (TPSA) is 81.8 Å². The first kappa shape index (κ1) is 14.4. The number of nitrogens with one attached hydrogen (secondary N) is 2. The van der Waals surface area contributed by atoms with Gasteiger partial charge in [-0.05, 0) is 14.0 Å². The van der Waals surface area contributed by atoms with Crippen LogP contribution in [0.5, 0.6) is 0 Å². The van der Waals surface area contributed by atoms with E-state index >= 15 is 0 Å². The van der Waals surface area contributed by atoms with Crippen LogP contribution in [0, 0.1) is 0 Å². The average Bonchev–Trinajstić information content (AvgIpc) is 2.36. The summed E-state index contributed by atoms with van der Waals surface area (Å²) < 4.78 is 0. The molecule has 0 saturated carbocycles. The molecule has 0 aromatic rings. The van der Waals surface area contributed by atoms with E-state index in [4.69, 9.17) is 0 Å². The Morgan fingerprint density at radius 1 is 1.17 bits per heavy atom. The van der Waals surface area contributed by atoms with Crippen LogP contribution in [0.25, 0.3) is 0 Å². The molecule has 1 saturated heterocycles. The first-order chi connectivity index (χ1) is 8.60. The van der Waals surface area contributed by atoms with Crippen molar-refractivity contribution in [3.63, 3.8) is 0 Å². The molecule has 3 amide bonds. The number of nitrogens with zero attached hydrogens (tertiary/aromatic N) is 2. The average molecular weight is 256 g/mol. The molecule has 7 heteroatoms. The van der Waals surface area contributed by atoms with Crippen LogP contribution in [0.4, 0.5) is 0 Å². The lowest BCUT2D eigenvalue weighted by Gasteiger charge is -2.32. The van der Waals surface area contributed by atoms with Crippen molar-refractivity contribution in [2.75, 3.05) is 46.3 Å². The summed E-state index contributed by atoms with van der Waals surface area (Å²) in [6, 6.07) is 0. The molecule has 0 aromatic carbocycles. The van der Waals surface area contributed by atoms with Gasteiger partial charge in [0.2, 0.25) is 5.91 Å². The summed E-state index contributed by atoms with van der Waals surface area (Å²) in [6.07, 6.45) is 0. The summed E-state index contributed by atoms with van der Waals surface area (Å²) in [7, 11) is 1.79. The first-order valence-electron chi connectivity index (χ1n) is 6.09.